The predicted molar refractivity (Wildman–Crippen MR) is 85.1 cm³/mol. The second-order valence-electron chi connectivity index (χ2n) is 4.23. The van der Waals surface area contributed by atoms with Gasteiger partial charge in [-0.3, -0.25) is 19.7 Å². The summed E-state index contributed by atoms with van der Waals surface area (Å²) < 4.78 is 4.67. The minimum Gasteiger partial charge on any atom is -0.465 e. The number of nitro groups is 1. The van der Waals surface area contributed by atoms with Gasteiger partial charge in [-0.2, -0.15) is 5.26 Å². The van der Waals surface area contributed by atoms with Crippen molar-refractivity contribution in [1.29, 1.82) is 5.26 Å². The van der Waals surface area contributed by atoms with Crippen LogP contribution < -0.4 is 10.6 Å². The van der Waals surface area contributed by atoms with Crippen molar-refractivity contribution in [2.24, 2.45) is 0 Å². The van der Waals surface area contributed by atoms with E-state index in [4.69, 9.17) is 16.9 Å². The molecule has 0 saturated heterocycles. The molecule has 0 aliphatic heterocycles. The summed E-state index contributed by atoms with van der Waals surface area (Å²) in [5.41, 5.74) is -0.600. The van der Waals surface area contributed by atoms with Crippen LogP contribution in [-0.4, -0.2) is 30.0 Å². The minimum atomic E-state index is -0.800. The quantitative estimate of drug-likeness (QED) is 0.251. The molecule has 0 spiro atoms. The van der Waals surface area contributed by atoms with Crippen LogP contribution in [0, 0.1) is 21.4 Å². The average Bonchev–Trinajstić information content (AvgIpc) is 2.53. The fraction of sp³-hybridized carbons (Fsp3) is 0.214. The molecule has 1 amide bonds. The third kappa shape index (κ3) is 5.58. The first-order chi connectivity index (χ1) is 11.4. The zero-order valence-electron chi connectivity index (χ0n) is 12.5. The molecule has 10 heteroatoms. The number of halogens is 1. The van der Waals surface area contributed by atoms with Gasteiger partial charge in [0.2, 0.25) is 0 Å². The maximum absolute atomic E-state index is 12.0. The Kier molecular flexibility index (Phi) is 7.19. The SMILES string of the molecule is CCOC(=O)CN/C=C(/C#N)C(=O)Nc1ccc(Cl)c([N+](=O)[O-])c1. The summed E-state index contributed by atoms with van der Waals surface area (Å²) in [4.78, 5) is 33.2. The molecule has 0 bridgehead atoms. The summed E-state index contributed by atoms with van der Waals surface area (Å²) in [5.74, 6) is -1.34. The number of anilines is 1. The van der Waals surface area contributed by atoms with Gasteiger partial charge in [-0.25, -0.2) is 0 Å². The number of nitrogens with one attached hydrogen (secondary N) is 2. The first kappa shape index (κ1) is 18.9. The second kappa shape index (κ2) is 9.12. The van der Waals surface area contributed by atoms with Crippen LogP contribution in [0.4, 0.5) is 11.4 Å². The third-order valence-corrected chi connectivity index (χ3v) is 2.88. The topological polar surface area (TPSA) is 134 Å². The zero-order chi connectivity index (χ0) is 18.1. The monoisotopic (exact) mass is 352 g/mol. The summed E-state index contributed by atoms with van der Waals surface area (Å²) in [7, 11) is 0. The van der Waals surface area contributed by atoms with E-state index in [2.05, 4.69) is 15.4 Å². The van der Waals surface area contributed by atoms with E-state index in [1.165, 1.54) is 12.1 Å². The number of carbonyl (C=O) groups is 2. The highest BCUT2D eigenvalue weighted by Gasteiger charge is 2.15. The van der Waals surface area contributed by atoms with Crippen LogP contribution in [-0.2, 0) is 14.3 Å². The number of carbonyl (C=O) groups excluding carboxylic acids is 2. The number of nitriles is 1. The number of benzene rings is 1. The molecule has 0 aromatic heterocycles. The first-order valence-electron chi connectivity index (χ1n) is 6.63. The molecule has 0 radical (unpaired) electrons. The maximum atomic E-state index is 12.0. The Bertz CT molecular complexity index is 726. The van der Waals surface area contributed by atoms with Crippen molar-refractivity contribution in [3.8, 4) is 6.07 Å². The lowest BCUT2D eigenvalue weighted by atomic mass is 10.2. The van der Waals surface area contributed by atoms with E-state index in [-0.39, 0.29) is 35.1 Å². The highest BCUT2D eigenvalue weighted by atomic mass is 35.5. The van der Waals surface area contributed by atoms with Gasteiger partial charge < -0.3 is 15.4 Å². The molecule has 0 atom stereocenters. The summed E-state index contributed by atoms with van der Waals surface area (Å²) in [6, 6.07) is 5.33. The van der Waals surface area contributed by atoms with Crippen molar-refractivity contribution in [3.63, 3.8) is 0 Å². The minimum absolute atomic E-state index is 0.0786. The lowest BCUT2D eigenvalue weighted by Gasteiger charge is -2.06. The smallest absolute Gasteiger partial charge is 0.325 e. The predicted octanol–water partition coefficient (Wildman–Crippen LogP) is 1.75. The molecule has 1 aromatic carbocycles. The average molecular weight is 353 g/mol. The molecule has 9 nitrogen and oxygen atoms in total. The number of ether oxygens (including phenoxy) is 1. The van der Waals surface area contributed by atoms with E-state index >= 15 is 0 Å². The Labute approximate surface area is 142 Å². The van der Waals surface area contributed by atoms with E-state index in [0.29, 0.717) is 0 Å². The van der Waals surface area contributed by atoms with Crippen LogP contribution >= 0.6 is 11.6 Å². The molecule has 0 aliphatic carbocycles. The van der Waals surface area contributed by atoms with E-state index in [0.717, 1.165) is 12.3 Å². The lowest BCUT2D eigenvalue weighted by Crippen LogP contribution is -2.22. The third-order valence-electron chi connectivity index (χ3n) is 2.56. The second-order valence-corrected chi connectivity index (χ2v) is 4.64. The summed E-state index contributed by atoms with van der Waals surface area (Å²) >= 11 is 5.67. The van der Waals surface area contributed by atoms with Crippen LogP contribution in [0.15, 0.2) is 30.0 Å². The van der Waals surface area contributed by atoms with E-state index in [9.17, 15) is 19.7 Å². The van der Waals surface area contributed by atoms with Crippen molar-refractivity contribution in [3.05, 3.63) is 45.1 Å². The number of rotatable bonds is 7. The molecule has 0 heterocycles. The molecule has 0 saturated carbocycles. The molecular formula is C14H13ClN4O5. The Balaban J connectivity index is 2.78. The molecule has 1 rings (SSSR count). The van der Waals surface area contributed by atoms with Crippen molar-refractivity contribution in [2.45, 2.75) is 6.92 Å². The van der Waals surface area contributed by atoms with Crippen molar-refractivity contribution >= 4 is 34.9 Å². The highest BCUT2D eigenvalue weighted by molar-refractivity contribution is 6.32. The fourth-order valence-corrected chi connectivity index (χ4v) is 1.71. The lowest BCUT2D eigenvalue weighted by molar-refractivity contribution is -0.384. The Morgan fingerprint density at radius 3 is 2.79 bits per heavy atom. The molecule has 0 unspecified atom stereocenters. The Morgan fingerprint density at radius 2 is 2.21 bits per heavy atom. The summed E-state index contributed by atoms with van der Waals surface area (Å²) in [6.07, 6.45) is 1.05. The van der Waals surface area contributed by atoms with Crippen molar-refractivity contribution < 1.29 is 19.2 Å². The van der Waals surface area contributed by atoms with Gasteiger partial charge in [0.15, 0.2) is 0 Å². The molecular weight excluding hydrogens is 340 g/mol. The maximum Gasteiger partial charge on any atom is 0.325 e. The highest BCUT2D eigenvalue weighted by Crippen LogP contribution is 2.27. The van der Waals surface area contributed by atoms with Gasteiger partial charge in [-0.1, -0.05) is 11.6 Å². The van der Waals surface area contributed by atoms with Gasteiger partial charge in [0.05, 0.1) is 11.5 Å². The molecule has 2 N–H and O–H groups in total. The summed E-state index contributed by atoms with van der Waals surface area (Å²) in [6.45, 7) is 1.65. The zero-order valence-corrected chi connectivity index (χ0v) is 13.3. The van der Waals surface area contributed by atoms with Crippen molar-refractivity contribution in [2.75, 3.05) is 18.5 Å². The molecule has 0 fully saturated rings. The largest absolute Gasteiger partial charge is 0.465 e. The Morgan fingerprint density at radius 1 is 1.50 bits per heavy atom. The van der Waals surface area contributed by atoms with Gasteiger partial charge in [-0.05, 0) is 19.1 Å². The standard InChI is InChI=1S/C14H13ClN4O5/c1-2-24-13(20)8-17-7-9(6-16)14(21)18-10-3-4-11(15)12(5-10)19(22)23/h3-5,7,17H,2,8H2,1H3,(H,18,21)/b9-7-. The fourth-order valence-electron chi connectivity index (χ4n) is 1.53. The normalized spacial score (nSPS) is 10.5. The van der Waals surface area contributed by atoms with Crippen LogP contribution in [0.5, 0.6) is 0 Å². The molecule has 0 aliphatic rings. The van der Waals surface area contributed by atoms with Crippen LogP contribution in [0.1, 0.15) is 6.92 Å². The summed E-state index contributed by atoms with van der Waals surface area (Å²) in [5, 5.41) is 24.5. The molecule has 24 heavy (non-hydrogen) atoms. The van der Waals surface area contributed by atoms with E-state index in [1.807, 2.05) is 0 Å². The number of nitrogens with zero attached hydrogens (tertiary/aromatic N) is 2. The number of esters is 1. The van der Waals surface area contributed by atoms with Gasteiger partial charge in [-0.15, -0.1) is 0 Å². The van der Waals surface area contributed by atoms with Crippen LogP contribution in [0.3, 0.4) is 0 Å². The van der Waals surface area contributed by atoms with Crippen molar-refractivity contribution in [1.82, 2.24) is 5.32 Å². The van der Waals surface area contributed by atoms with E-state index in [1.54, 1.807) is 13.0 Å². The Hall–Kier alpha value is -3.12. The number of hydrogen-bond acceptors (Lipinski definition) is 7. The van der Waals surface area contributed by atoms with E-state index < -0.39 is 16.8 Å². The van der Waals surface area contributed by atoms with Gasteiger partial charge in [0, 0.05) is 18.0 Å². The number of nitro benzene ring substituents is 1. The molecule has 126 valence electrons. The molecule has 1 aromatic rings. The number of hydrogen-bond donors (Lipinski definition) is 2. The number of amides is 1. The van der Waals surface area contributed by atoms with Crippen LogP contribution in [0.2, 0.25) is 5.02 Å². The van der Waals surface area contributed by atoms with Gasteiger partial charge in [0.25, 0.3) is 11.6 Å². The van der Waals surface area contributed by atoms with Gasteiger partial charge >= 0.3 is 5.97 Å². The van der Waals surface area contributed by atoms with Gasteiger partial charge in [0.1, 0.15) is 23.2 Å². The first-order valence-corrected chi connectivity index (χ1v) is 7.01. The van der Waals surface area contributed by atoms with Crippen LogP contribution in [0.25, 0.3) is 0 Å².